The van der Waals surface area contributed by atoms with Gasteiger partial charge in [-0.1, -0.05) is 13.0 Å². The van der Waals surface area contributed by atoms with Gasteiger partial charge in [-0.05, 0) is 55.3 Å². The smallest absolute Gasteiger partial charge is 0.224 e. The summed E-state index contributed by atoms with van der Waals surface area (Å²) in [5, 5.41) is 2.49. The van der Waals surface area contributed by atoms with Crippen LogP contribution in [0.2, 0.25) is 0 Å². The number of benzene rings is 2. The van der Waals surface area contributed by atoms with Gasteiger partial charge in [0.1, 0.15) is 11.6 Å². The van der Waals surface area contributed by atoms with Crippen molar-refractivity contribution in [2.45, 2.75) is 33.1 Å². The Hall–Kier alpha value is -2.69. The lowest BCUT2D eigenvalue weighted by Gasteiger charge is -2.07. The zero-order valence-corrected chi connectivity index (χ0v) is 14.5. The Bertz CT molecular complexity index is 741. The number of carbonyl (C=O) groups is 2. The molecule has 1 amide bonds. The Kier molecular flexibility index (Phi) is 6.69. The standard InChI is InChI=1S/C20H22FNO3/c1-3-12-25-16-7-5-15(6-8-16)19(23)10-11-20(24)22-18-9-4-14(2)13-17(18)21/h4-9,13H,3,10-12H2,1-2H3,(H,22,24). The zero-order valence-electron chi connectivity index (χ0n) is 14.5. The molecule has 1 N–H and O–H groups in total. The lowest BCUT2D eigenvalue weighted by molar-refractivity contribution is -0.116. The minimum atomic E-state index is -0.484. The summed E-state index contributed by atoms with van der Waals surface area (Å²) in [4.78, 5) is 24.1. The normalized spacial score (nSPS) is 10.4. The first-order valence-corrected chi connectivity index (χ1v) is 8.31. The maximum absolute atomic E-state index is 13.7. The summed E-state index contributed by atoms with van der Waals surface area (Å²) in [5.74, 6) is -0.297. The van der Waals surface area contributed by atoms with Crippen molar-refractivity contribution in [3.05, 3.63) is 59.4 Å². The Morgan fingerprint density at radius 2 is 1.80 bits per heavy atom. The fraction of sp³-hybridized carbons (Fsp3) is 0.300. The fourth-order valence-corrected chi connectivity index (χ4v) is 2.26. The van der Waals surface area contributed by atoms with Crippen molar-refractivity contribution in [1.82, 2.24) is 0 Å². The Morgan fingerprint density at radius 1 is 1.08 bits per heavy atom. The van der Waals surface area contributed by atoms with Crippen molar-refractivity contribution in [1.29, 1.82) is 0 Å². The van der Waals surface area contributed by atoms with Gasteiger partial charge in [-0.15, -0.1) is 0 Å². The highest BCUT2D eigenvalue weighted by Crippen LogP contribution is 2.17. The molecule has 0 aliphatic heterocycles. The average Bonchev–Trinajstić information content (AvgIpc) is 2.60. The molecule has 0 heterocycles. The number of rotatable bonds is 8. The van der Waals surface area contributed by atoms with Crippen LogP contribution < -0.4 is 10.1 Å². The number of Topliss-reactive ketones (excluding diaryl/α,β-unsaturated/α-hetero) is 1. The van der Waals surface area contributed by atoms with Crippen molar-refractivity contribution >= 4 is 17.4 Å². The van der Waals surface area contributed by atoms with Crippen LogP contribution in [0, 0.1) is 12.7 Å². The number of amides is 1. The molecule has 0 bridgehead atoms. The van der Waals surface area contributed by atoms with Gasteiger partial charge in [0.15, 0.2) is 5.78 Å². The molecule has 0 saturated heterocycles. The first-order chi connectivity index (χ1) is 12.0. The first kappa shape index (κ1) is 18.6. The molecule has 0 atom stereocenters. The van der Waals surface area contributed by atoms with E-state index in [2.05, 4.69) is 5.32 Å². The van der Waals surface area contributed by atoms with Crippen molar-refractivity contribution in [2.75, 3.05) is 11.9 Å². The maximum Gasteiger partial charge on any atom is 0.224 e. The van der Waals surface area contributed by atoms with Gasteiger partial charge < -0.3 is 10.1 Å². The summed E-state index contributed by atoms with van der Waals surface area (Å²) in [7, 11) is 0. The van der Waals surface area contributed by atoms with E-state index in [1.165, 1.54) is 12.1 Å². The van der Waals surface area contributed by atoms with Crippen molar-refractivity contribution < 1.29 is 18.7 Å². The molecule has 132 valence electrons. The van der Waals surface area contributed by atoms with Crippen molar-refractivity contribution in [3.63, 3.8) is 0 Å². The second kappa shape index (κ2) is 8.97. The van der Waals surface area contributed by atoms with E-state index in [4.69, 9.17) is 4.74 Å². The largest absolute Gasteiger partial charge is 0.494 e. The Labute approximate surface area is 147 Å². The molecule has 2 aromatic carbocycles. The summed E-state index contributed by atoms with van der Waals surface area (Å²) in [6.45, 7) is 4.42. The predicted octanol–water partition coefficient (Wildman–Crippen LogP) is 4.52. The summed E-state index contributed by atoms with van der Waals surface area (Å²) in [6, 6.07) is 11.4. The van der Waals surface area contributed by atoms with E-state index in [1.54, 1.807) is 37.3 Å². The van der Waals surface area contributed by atoms with E-state index in [0.29, 0.717) is 17.9 Å². The van der Waals surface area contributed by atoms with E-state index < -0.39 is 5.82 Å². The van der Waals surface area contributed by atoms with E-state index in [-0.39, 0.29) is 30.2 Å². The Balaban J connectivity index is 1.85. The van der Waals surface area contributed by atoms with E-state index in [1.807, 2.05) is 6.92 Å². The van der Waals surface area contributed by atoms with Gasteiger partial charge in [0.2, 0.25) is 5.91 Å². The molecule has 2 rings (SSSR count). The first-order valence-electron chi connectivity index (χ1n) is 8.31. The molecule has 0 spiro atoms. The van der Waals surface area contributed by atoms with Crippen LogP contribution in [0.4, 0.5) is 10.1 Å². The molecule has 0 unspecified atom stereocenters. The number of hydrogen-bond acceptors (Lipinski definition) is 3. The van der Waals surface area contributed by atoms with Gasteiger partial charge in [-0.25, -0.2) is 4.39 Å². The van der Waals surface area contributed by atoms with Crippen LogP contribution in [-0.4, -0.2) is 18.3 Å². The van der Waals surface area contributed by atoms with E-state index in [0.717, 1.165) is 12.0 Å². The van der Waals surface area contributed by atoms with Gasteiger partial charge in [0.05, 0.1) is 12.3 Å². The molecule has 0 radical (unpaired) electrons. The minimum absolute atomic E-state index is 0.000234. The van der Waals surface area contributed by atoms with Gasteiger partial charge in [-0.2, -0.15) is 0 Å². The molecule has 0 saturated carbocycles. The minimum Gasteiger partial charge on any atom is -0.494 e. The number of anilines is 1. The van der Waals surface area contributed by atoms with Gasteiger partial charge in [0, 0.05) is 18.4 Å². The predicted molar refractivity (Wildman–Crippen MR) is 95.6 cm³/mol. The van der Waals surface area contributed by atoms with E-state index >= 15 is 0 Å². The average molecular weight is 343 g/mol. The maximum atomic E-state index is 13.7. The van der Waals surface area contributed by atoms with Crippen LogP contribution in [0.3, 0.4) is 0 Å². The van der Waals surface area contributed by atoms with E-state index in [9.17, 15) is 14.0 Å². The zero-order chi connectivity index (χ0) is 18.2. The Morgan fingerprint density at radius 3 is 2.44 bits per heavy atom. The number of aryl methyl sites for hydroxylation is 1. The highest BCUT2D eigenvalue weighted by molar-refractivity contribution is 6.00. The van der Waals surface area contributed by atoms with Crippen molar-refractivity contribution in [2.24, 2.45) is 0 Å². The monoisotopic (exact) mass is 343 g/mol. The van der Waals surface area contributed by atoms with Gasteiger partial charge in [0.25, 0.3) is 0 Å². The third-order valence-electron chi connectivity index (χ3n) is 3.63. The van der Waals surface area contributed by atoms with Crippen LogP contribution in [0.1, 0.15) is 42.1 Å². The lowest BCUT2D eigenvalue weighted by Crippen LogP contribution is -2.14. The molecule has 2 aromatic rings. The number of ether oxygens (including phenoxy) is 1. The summed E-state index contributed by atoms with van der Waals surface area (Å²) < 4.78 is 19.2. The summed E-state index contributed by atoms with van der Waals surface area (Å²) in [5.41, 5.74) is 1.43. The highest BCUT2D eigenvalue weighted by Gasteiger charge is 2.11. The molecule has 0 aromatic heterocycles. The second-order valence-corrected chi connectivity index (χ2v) is 5.83. The SMILES string of the molecule is CCCOc1ccc(C(=O)CCC(=O)Nc2ccc(C)cc2F)cc1. The summed E-state index contributed by atoms with van der Waals surface area (Å²) in [6.07, 6.45) is 0.978. The number of hydrogen-bond donors (Lipinski definition) is 1. The molecule has 0 aliphatic carbocycles. The molecule has 4 nitrogen and oxygen atoms in total. The summed E-state index contributed by atoms with van der Waals surface area (Å²) >= 11 is 0. The molecule has 25 heavy (non-hydrogen) atoms. The fourth-order valence-electron chi connectivity index (χ4n) is 2.26. The van der Waals surface area contributed by atoms with Crippen LogP contribution in [0.15, 0.2) is 42.5 Å². The van der Waals surface area contributed by atoms with Crippen LogP contribution in [0.25, 0.3) is 0 Å². The topological polar surface area (TPSA) is 55.4 Å². The van der Waals surface area contributed by atoms with Crippen LogP contribution >= 0.6 is 0 Å². The molecular weight excluding hydrogens is 321 g/mol. The van der Waals surface area contributed by atoms with Gasteiger partial charge >= 0.3 is 0 Å². The number of nitrogens with one attached hydrogen (secondary N) is 1. The van der Waals surface area contributed by atoms with Crippen molar-refractivity contribution in [3.8, 4) is 5.75 Å². The molecule has 0 aliphatic rings. The van der Waals surface area contributed by atoms with Crippen LogP contribution in [0.5, 0.6) is 5.75 Å². The quantitative estimate of drug-likeness (QED) is 0.717. The third-order valence-corrected chi connectivity index (χ3v) is 3.63. The number of ketones is 1. The molecular formula is C20H22FNO3. The third kappa shape index (κ3) is 5.71. The number of carbonyl (C=O) groups excluding carboxylic acids is 2. The highest BCUT2D eigenvalue weighted by atomic mass is 19.1. The van der Waals surface area contributed by atoms with Gasteiger partial charge in [-0.3, -0.25) is 9.59 Å². The second-order valence-electron chi connectivity index (χ2n) is 5.83. The number of halogens is 1. The molecule has 0 fully saturated rings. The van der Waals surface area contributed by atoms with Crippen LogP contribution in [-0.2, 0) is 4.79 Å². The molecule has 5 heteroatoms. The lowest BCUT2D eigenvalue weighted by atomic mass is 10.1.